The van der Waals surface area contributed by atoms with Gasteiger partial charge in [-0.1, -0.05) is 29.7 Å². The van der Waals surface area contributed by atoms with Gasteiger partial charge in [-0.25, -0.2) is 0 Å². The van der Waals surface area contributed by atoms with Gasteiger partial charge in [0.15, 0.2) is 12.6 Å². The van der Waals surface area contributed by atoms with Crippen molar-refractivity contribution in [1.29, 1.82) is 0 Å². The second-order valence-electron chi connectivity index (χ2n) is 18.4. The van der Waals surface area contributed by atoms with E-state index in [2.05, 4.69) is 31.9 Å². The zero-order valence-electron chi connectivity index (χ0n) is 48.5. The number of aliphatic hydroxyl groups is 2. The zero-order valence-corrected chi connectivity index (χ0v) is 51.7. The van der Waals surface area contributed by atoms with Crippen LogP contribution >= 0.6 is 31.9 Å². The molecule has 3 aliphatic heterocycles. The van der Waals surface area contributed by atoms with E-state index in [-0.39, 0.29) is 84.7 Å². The Balaban J connectivity index is 0. The number of methoxy groups -OCH3 is 8. The average Bonchev–Trinajstić information content (AvgIpc) is 3.67. The number of allylic oxidation sites excluding steroid dienone is 1. The first kappa shape index (κ1) is 81.6. The van der Waals surface area contributed by atoms with Crippen molar-refractivity contribution >= 4 is 57.0 Å². The largest absolute Gasteiger partial charge is 0.502 e. The Morgan fingerprint density at radius 3 is 1.06 bits per heavy atom. The monoisotopic (exact) mass is 1320 g/mol. The van der Waals surface area contributed by atoms with Gasteiger partial charge >= 0.3 is 14.2 Å². The minimum atomic E-state index is -1.68. The van der Waals surface area contributed by atoms with Crippen LogP contribution in [-0.4, -0.2) is 136 Å². The number of hydrogen-bond donors (Lipinski definition) is 4. The van der Waals surface area contributed by atoms with Gasteiger partial charge in [0.1, 0.15) is 54.9 Å². The van der Waals surface area contributed by atoms with Crippen molar-refractivity contribution in [2.24, 2.45) is 0 Å². The molecule has 7 rings (SSSR count). The number of rotatable bonds is 22. The van der Waals surface area contributed by atoms with Crippen molar-refractivity contribution in [3.05, 3.63) is 92.1 Å². The molecule has 0 spiro atoms. The van der Waals surface area contributed by atoms with Crippen molar-refractivity contribution in [1.82, 2.24) is 0 Å². The Labute approximate surface area is 520 Å². The molecule has 19 nitrogen and oxygen atoms in total. The lowest BCUT2D eigenvalue weighted by atomic mass is 9.76. The van der Waals surface area contributed by atoms with Gasteiger partial charge in [0, 0.05) is 25.4 Å². The number of benzene rings is 4. The van der Waals surface area contributed by atoms with Crippen molar-refractivity contribution in [3.8, 4) is 46.0 Å². The molecule has 0 aliphatic carbocycles. The second kappa shape index (κ2) is 45.8. The lowest BCUT2D eigenvalue weighted by molar-refractivity contribution is -0.169. The van der Waals surface area contributed by atoms with Gasteiger partial charge in [-0.3, -0.25) is 0 Å². The summed E-state index contributed by atoms with van der Waals surface area (Å²) in [6.07, 6.45) is 12.4. The van der Waals surface area contributed by atoms with Crippen molar-refractivity contribution in [2.75, 3.05) is 76.7 Å². The van der Waals surface area contributed by atoms with Crippen LogP contribution in [0.4, 0.5) is 0 Å². The Morgan fingerprint density at radius 2 is 0.810 bits per heavy atom. The Hall–Kier alpha value is -4.49. The summed E-state index contributed by atoms with van der Waals surface area (Å²) in [6, 6.07) is 14.3. The van der Waals surface area contributed by atoms with Gasteiger partial charge in [-0.15, -0.1) is 0 Å². The fourth-order valence-electron chi connectivity index (χ4n) is 7.88. The molecule has 2 unspecified atom stereocenters. The smallest absolute Gasteiger partial charge is 0.501 e. The third kappa shape index (κ3) is 27.9. The van der Waals surface area contributed by atoms with Crippen LogP contribution in [-0.2, 0) is 59.4 Å². The molecule has 23 heteroatoms. The van der Waals surface area contributed by atoms with E-state index in [4.69, 9.17) is 91.1 Å². The van der Waals surface area contributed by atoms with Crippen LogP contribution in [0.2, 0.25) is 0 Å². The lowest BCUT2D eigenvalue weighted by Gasteiger charge is -2.25. The number of ether oxygens (including phenoxy) is 13. The minimum Gasteiger partial charge on any atom is -0.502 e. The maximum Gasteiger partial charge on any atom is 0.501 e. The summed E-state index contributed by atoms with van der Waals surface area (Å²) in [4.78, 5) is 0. The van der Waals surface area contributed by atoms with E-state index >= 15 is 0 Å². The van der Waals surface area contributed by atoms with Crippen LogP contribution in [0, 0.1) is 0 Å². The summed E-state index contributed by atoms with van der Waals surface area (Å²) in [7, 11) is 10.2. The zero-order chi connectivity index (χ0) is 59.0. The van der Waals surface area contributed by atoms with E-state index in [1.54, 1.807) is 61.1 Å². The van der Waals surface area contributed by atoms with E-state index in [0.717, 1.165) is 101 Å². The molecule has 4 aromatic rings. The molecule has 3 aliphatic rings. The third-order valence-corrected chi connectivity index (χ3v) is 13.4. The molecule has 2 atom stereocenters. The van der Waals surface area contributed by atoms with Crippen molar-refractivity contribution < 1.29 is 91.1 Å². The topological polar surface area (TPSA) is 219 Å². The summed E-state index contributed by atoms with van der Waals surface area (Å²) >= 11 is 6.78. The molecule has 0 saturated carbocycles. The fraction of sp³-hybridized carbons (Fsp3) is 0.574. The second-order valence-corrected chi connectivity index (χ2v) is 20.0. The van der Waals surface area contributed by atoms with E-state index in [9.17, 15) is 0 Å². The first-order chi connectivity index (χ1) is 38.5. The molecule has 0 bridgehead atoms. The van der Waals surface area contributed by atoms with Crippen LogP contribution in [0.1, 0.15) is 131 Å². The molecule has 478 valence electrons. The Kier molecular flexibility index (Phi) is 44.5. The Bertz CT molecular complexity index is 2280. The van der Waals surface area contributed by atoms with Gasteiger partial charge in [0.05, 0.1) is 107 Å². The highest BCUT2D eigenvalue weighted by Gasteiger charge is 2.32. The summed E-state index contributed by atoms with van der Waals surface area (Å²) in [5, 5.41) is 36.2. The molecule has 2 saturated heterocycles. The summed E-state index contributed by atoms with van der Waals surface area (Å²) < 4.78 is 83.3. The fourth-order valence-corrected chi connectivity index (χ4v) is 8.99. The summed E-state index contributed by atoms with van der Waals surface area (Å²) in [6.45, 7) is 11.1. The molecule has 0 amide bonds. The highest BCUT2D eigenvalue weighted by atomic mass is 79.9. The van der Waals surface area contributed by atoms with Gasteiger partial charge < -0.3 is 91.1 Å². The quantitative estimate of drug-likeness (QED) is 0.0538. The van der Waals surface area contributed by atoms with Crippen LogP contribution < -0.4 is 48.8 Å². The van der Waals surface area contributed by atoms with E-state index in [1.807, 2.05) is 58.0 Å². The number of hydrogen-bond acceptors (Lipinski definition) is 19. The molecule has 2 fully saturated rings. The van der Waals surface area contributed by atoms with Crippen molar-refractivity contribution in [3.63, 3.8) is 0 Å². The maximum absolute atomic E-state index is 9.14. The molecule has 0 aromatic heterocycles. The first-order valence-corrected chi connectivity index (χ1v) is 28.1. The highest BCUT2D eigenvalue weighted by Crippen LogP contribution is 2.37. The highest BCUT2D eigenvalue weighted by molar-refractivity contribution is 9.11. The maximum atomic E-state index is 9.14. The van der Waals surface area contributed by atoms with Gasteiger partial charge in [0.2, 0.25) is 0 Å². The van der Waals surface area contributed by atoms with Crippen LogP contribution in [0.25, 0.3) is 0 Å². The summed E-state index contributed by atoms with van der Waals surface area (Å²) in [5.74, 6) is 4.64. The lowest BCUT2D eigenvalue weighted by Crippen LogP contribution is -2.42. The predicted octanol–water partition coefficient (Wildman–Crippen LogP) is 11.5. The molecule has 4 aromatic carbocycles. The van der Waals surface area contributed by atoms with E-state index in [1.165, 1.54) is 39.2 Å². The standard InChI is InChI=1S/C20H33BO6.C14H19BrO4.C9H13BO5.C9H11BrO3.C5H8O.4CH4/c1-14(2)26-21(27-15(3)4)20-17(22-5)11-16(12-18(20)23-6)13-25-19-9-7-8-10-24-19;1-16-11-7-10(8-12(17-2)14(11)15)9-19-13-5-3-4-6-18-13;1-14-7-3-6(5-11)4-8(15-2)9(7)10(12)13;1-12-7-3-6(5-11)4-8(13-2)9(7)10;1-2-4-6-5-3-1;;;;/h11-12,14-15,19H,7-10,13H2,1-6H3;7-8,13H,3-6,9H2,1-2H3;3-4,11-13H,5H2,1-2H3;3-4,11H,5H2,1-2H3;2,4H,1,3,5H2;4*1H4. The van der Waals surface area contributed by atoms with Crippen LogP contribution in [0.3, 0.4) is 0 Å². The molecular formula is C61H100B2Br2O19. The molecule has 3 heterocycles. The first-order valence-electron chi connectivity index (χ1n) is 26.5. The van der Waals surface area contributed by atoms with Crippen molar-refractivity contribution in [2.45, 2.75) is 160 Å². The molecular weight excluding hydrogens is 1220 g/mol. The SMILES string of the molecule is C.C.C.C.C1=COCCC1.COc1cc(CO)cc(OC)c1B(O)O.COc1cc(CO)cc(OC)c1Br.COc1cc(COC2CCCCO2)cc(OC)c1B(OC(C)C)OC(C)C.COc1cc(COC2CCCCO2)cc(OC)c1Br. The number of halogens is 2. The molecule has 0 radical (unpaired) electrons. The Morgan fingerprint density at radius 1 is 0.476 bits per heavy atom. The summed E-state index contributed by atoms with van der Waals surface area (Å²) in [5.41, 5.74) is 4.20. The third-order valence-electron chi connectivity index (χ3n) is 11.8. The van der Waals surface area contributed by atoms with Gasteiger partial charge in [-0.2, -0.15) is 0 Å². The van der Waals surface area contributed by atoms with Crippen LogP contribution in [0.15, 0.2) is 69.8 Å². The van der Waals surface area contributed by atoms with E-state index < -0.39 is 14.2 Å². The normalized spacial score (nSPS) is 14.7. The van der Waals surface area contributed by atoms with Gasteiger partial charge in [-0.05, 0) is 188 Å². The predicted molar refractivity (Wildman–Crippen MR) is 341 cm³/mol. The van der Waals surface area contributed by atoms with E-state index in [0.29, 0.717) is 41.8 Å². The molecule has 4 N–H and O–H groups in total. The van der Waals surface area contributed by atoms with Gasteiger partial charge in [0.25, 0.3) is 0 Å². The average molecular weight is 1320 g/mol. The molecule has 84 heavy (non-hydrogen) atoms. The van der Waals surface area contributed by atoms with Crippen LogP contribution in [0.5, 0.6) is 46.0 Å². The number of aliphatic hydroxyl groups excluding tert-OH is 2. The minimum absolute atomic E-state index is 0.